The lowest BCUT2D eigenvalue weighted by Gasteiger charge is -2.09. The minimum absolute atomic E-state index is 0.0276. The molecule has 0 saturated carbocycles. The van der Waals surface area contributed by atoms with Crippen molar-refractivity contribution in [3.05, 3.63) is 64.2 Å². The van der Waals surface area contributed by atoms with E-state index in [-0.39, 0.29) is 5.84 Å². The highest BCUT2D eigenvalue weighted by Gasteiger charge is 2.07. The van der Waals surface area contributed by atoms with Crippen LogP contribution in [0.3, 0.4) is 0 Å². The number of hydrogen-bond donors (Lipinski definition) is 2. The van der Waals surface area contributed by atoms with Crippen molar-refractivity contribution in [3.63, 3.8) is 0 Å². The molecule has 0 spiro atoms. The Hall–Kier alpha value is -2.20. The number of rotatable bonds is 4. The SMILES string of the molecule is Cc1cccc(COc2ccc(/C(N)=N/O)c(Cl)c2)c1. The van der Waals surface area contributed by atoms with Crippen LogP contribution >= 0.6 is 11.6 Å². The third-order valence-electron chi connectivity index (χ3n) is 2.81. The predicted molar refractivity (Wildman–Crippen MR) is 79.5 cm³/mol. The zero-order valence-electron chi connectivity index (χ0n) is 11.0. The smallest absolute Gasteiger partial charge is 0.171 e. The number of halogens is 1. The Morgan fingerprint density at radius 1 is 1.30 bits per heavy atom. The van der Waals surface area contributed by atoms with E-state index in [0.29, 0.717) is 22.9 Å². The highest BCUT2D eigenvalue weighted by atomic mass is 35.5. The van der Waals surface area contributed by atoms with Gasteiger partial charge in [-0.05, 0) is 30.7 Å². The lowest BCUT2D eigenvalue weighted by Crippen LogP contribution is -2.13. The zero-order valence-corrected chi connectivity index (χ0v) is 11.8. The summed E-state index contributed by atoms with van der Waals surface area (Å²) in [4.78, 5) is 0. The Morgan fingerprint density at radius 2 is 2.10 bits per heavy atom. The lowest BCUT2D eigenvalue weighted by atomic mass is 10.1. The second-order valence-electron chi connectivity index (χ2n) is 4.40. The van der Waals surface area contributed by atoms with E-state index in [0.717, 1.165) is 5.56 Å². The first-order valence-corrected chi connectivity index (χ1v) is 6.43. The molecule has 0 atom stereocenters. The summed E-state index contributed by atoms with van der Waals surface area (Å²) >= 11 is 6.06. The molecular formula is C15H15ClN2O2. The molecule has 4 nitrogen and oxygen atoms in total. The van der Waals surface area contributed by atoms with E-state index in [1.54, 1.807) is 18.2 Å². The quantitative estimate of drug-likeness (QED) is 0.393. The van der Waals surface area contributed by atoms with Crippen molar-refractivity contribution in [2.45, 2.75) is 13.5 Å². The van der Waals surface area contributed by atoms with Crippen LogP contribution in [0.15, 0.2) is 47.6 Å². The maximum atomic E-state index is 8.63. The molecule has 104 valence electrons. The molecule has 0 bridgehead atoms. The summed E-state index contributed by atoms with van der Waals surface area (Å²) in [6, 6.07) is 13.1. The topological polar surface area (TPSA) is 67.8 Å². The van der Waals surface area contributed by atoms with Gasteiger partial charge in [0.05, 0.1) is 5.02 Å². The van der Waals surface area contributed by atoms with Crippen molar-refractivity contribution < 1.29 is 9.94 Å². The summed E-state index contributed by atoms with van der Waals surface area (Å²) in [6.45, 7) is 2.49. The first kappa shape index (κ1) is 14.2. The molecular weight excluding hydrogens is 276 g/mol. The van der Waals surface area contributed by atoms with Crippen LogP contribution in [0.2, 0.25) is 5.02 Å². The molecule has 0 aliphatic carbocycles. The standard InChI is InChI=1S/C15H15ClN2O2/c1-10-3-2-4-11(7-10)9-20-12-5-6-13(14(16)8-12)15(17)18-19/h2-8,19H,9H2,1H3,(H2,17,18). The van der Waals surface area contributed by atoms with Gasteiger partial charge in [-0.1, -0.05) is 46.6 Å². The predicted octanol–water partition coefficient (Wildman–Crippen LogP) is 3.32. The molecule has 0 aliphatic rings. The fourth-order valence-electron chi connectivity index (χ4n) is 1.82. The van der Waals surface area contributed by atoms with Gasteiger partial charge in [0.1, 0.15) is 12.4 Å². The fourth-order valence-corrected chi connectivity index (χ4v) is 2.08. The Bertz CT molecular complexity index is 642. The molecule has 2 aromatic rings. The van der Waals surface area contributed by atoms with Crippen LogP contribution in [0.5, 0.6) is 5.75 Å². The van der Waals surface area contributed by atoms with Gasteiger partial charge in [-0.2, -0.15) is 0 Å². The van der Waals surface area contributed by atoms with E-state index < -0.39 is 0 Å². The van der Waals surface area contributed by atoms with Crippen LogP contribution in [0.1, 0.15) is 16.7 Å². The molecule has 5 heteroatoms. The molecule has 0 aromatic heterocycles. The number of amidine groups is 1. The molecule has 2 aromatic carbocycles. The van der Waals surface area contributed by atoms with Crippen molar-refractivity contribution in [3.8, 4) is 5.75 Å². The molecule has 0 unspecified atom stereocenters. The summed E-state index contributed by atoms with van der Waals surface area (Å²) in [7, 11) is 0. The molecule has 20 heavy (non-hydrogen) atoms. The van der Waals surface area contributed by atoms with E-state index in [1.807, 2.05) is 25.1 Å². The third kappa shape index (κ3) is 3.42. The van der Waals surface area contributed by atoms with Gasteiger partial charge in [-0.25, -0.2) is 0 Å². The van der Waals surface area contributed by atoms with Crippen LogP contribution in [-0.4, -0.2) is 11.0 Å². The summed E-state index contributed by atoms with van der Waals surface area (Å²) in [6.07, 6.45) is 0. The second-order valence-corrected chi connectivity index (χ2v) is 4.81. The molecule has 2 rings (SSSR count). The van der Waals surface area contributed by atoms with Crippen molar-refractivity contribution in [2.24, 2.45) is 10.9 Å². The van der Waals surface area contributed by atoms with Gasteiger partial charge in [0, 0.05) is 5.56 Å². The Balaban J connectivity index is 2.09. The van der Waals surface area contributed by atoms with Gasteiger partial charge in [0.25, 0.3) is 0 Å². The highest BCUT2D eigenvalue weighted by Crippen LogP contribution is 2.23. The minimum Gasteiger partial charge on any atom is -0.489 e. The normalized spacial score (nSPS) is 11.4. The molecule has 0 saturated heterocycles. The monoisotopic (exact) mass is 290 g/mol. The number of nitrogens with two attached hydrogens (primary N) is 1. The van der Waals surface area contributed by atoms with Crippen molar-refractivity contribution in [2.75, 3.05) is 0 Å². The van der Waals surface area contributed by atoms with Gasteiger partial charge < -0.3 is 15.7 Å². The van der Waals surface area contributed by atoms with Crippen LogP contribution in [0.4, 0.5) is 0 Å². The molecule has 0 radical (unpaired) electrons. The number of benzene rings is 2. The first-order chi connectivity index (χ1) is 9.60. The number of ether oxygens (including phenoxy) is 1. The van der Waals surface area contributed by atoms with E-state index in [4.69, 9.17) is 27.3 Å². The van der Waals surface area contributed by atoms with E-state index >= 15 is 0 Å². The Morgan fingerprint density at radius 3 is 2.75 bits per heavy atom. The molecule has 0 fully saturated rings. The van der Waals surface area contributed by atoms with Crippen molar-refractivity contribution >= 4 is 17.4 Å². The second kappa shape index (κ2) is 6.30. The Kier molecular flexibility index (Phi) is 4.48. The van der Waals surface area contributed by atoms with Crippen LogP contribution in [0.25, 0.3) is 0 Å². The van der Waals surface area contributed by atoms with Gasteiger partial charge in [-0.3, -0.25) is 0 Å². The van der Waals surface area contributed by atoms with E-state index in [1.165, 1.54) is 5.56 Å². The molecule has 0 aliphatic heterocycles. The van der Waals surface area contributed by atoms with Crippen LogP contribution < -0.4 is 10.5 Å². The number of aryl methyl sites for hydroxylation is 1. The summed E-state index contributed by atoms with van der Waals surface area (Å²) in [5.74, 6) is 0.603. The van der Waals surface area contributed by atoms with Gasteiger partial charge in [0.15, 0.2) is 5.84 Å². The summed E-state index contributed by atoms with van der Waals surface area (Å²) in [5.41, 5.74) is 8.24. The van der Waals surface area contributed by atoms with Crippen LogP contribution in [-0.2, 0) is 6.61 Å². The Labute approximate surface area is 122 Å². The fraction of sp³-hybridized carbons (Fsp3) is 0.133. The zero-order chi connectivity index (χ0) is 14.5. The highest BCUT2D eigenvalue weighted by molar-refractivity contribution is 6.34. The third-order valence-corrected chi connectivity index (χ3v) is 3.12. The average Bonchev–Trinajstić information content (AvgIpc) is 2.44. The lowest BCUT2D eigenvalue weighted by molar-refractivity contribution is 0.306. The van der Waals surface area contributed by atoms with E-state index in [2.05, 4.69) is 11.2 Å². The maximum absolute atomic E-state index is 8.63. The molecule has 3 N–H and O–H groups in total. The average molecular weight is 291 g/mol. The summed E-state index contributed by atoms with van der Waals surface area (Å²) in [5, 5.41) is 11.9. The van der Waals surface area contributed by atoms with Gasteiger partial charge in [0.2, 0.25) is 0 Å². The van der Waals surface area contributed by atoms with Gasteiger partial charge in [-0.15, -0.1) is 0 Å². The van der Waals surface area contributed by atoms with E-state index in [9.17, 15) is 0 Å². The van der Waals surface area contributed by atoms with Crippen molar-refractivity contribution in [1.29, 1.82) is 0 Å². The number of hydrogen-bond acceptors (Lipinski definition) is 3. The number of oxime groups is 1. The first-order valence-electron chi connectivity index (χ1n) is 6.06. The van der Waals surface area contributed by atoms with Crippen LogP contribution in [0, 0.1) is 6.92 Å². The van der Waals surface area contributed by atoms with Gasteiger partial charge >= 0.3 is 0 Å². The molecule has 0 heterocycles. The number of nitrogens with zero attached hydrogens (tertiary/aromatic N) is 1. The largest absolute Gasteiger partial charge is 0.489 e. The summed E-state index contributed by atoms with van der Waals surface area (Å²) < 4.78 is 5.67. The molecule has 0 amide bonds. The minimum atomic E-state index is -0.0276. The maximum Gasteiger partial charge on any atom is 0.171 e. The van der Waals surface area contributed by atoms with Crippen molar-refractivity contribution in [1.82, 2.24) is 0 Å².